The summed E-state index contributed by atoms with van der Waals surface area (Å²) in [6, 6.07) is 10.5. The van der Waals surface area contributed by atoms with Crippen LogP contribution in [0.15, 0.2) is 71.7 Å². The van der Waals surface area contributed by atoms with Crippen molar-refractivity contribution in [2.75, 3.05) is 12.4 Å². The van der Waals surface area contributed by atoms with Crippen molar-refractivity contribution in [1.82, 2.24) is 15.0 Å². The van der Waals surface area contributed by atoms with E-state index in [2.05, 4.69) is 20.3 Å². The highest BCUT2D eigenvalue weighted by Gasteiger charge is 2.21. The van der Waals surface area contributed by atoms with Crippen molar-refractivity contribution in [3.05, 3.63) is 84.4 Å². The zero-order chi connectivity index (χ0) is 25.2. The Hall–Kier alpha value is -4.99. The molecule has 1 aromatic carbocycles. The van der Waals surface area contributed by atoms with Gasteiger partial charge in [-0.1, -0.05) is 0 Å². The van der Waals surface area contributed by atoms with Crippen molar-refractivity contribution >= 4 is 22.6 Å². The summed E-state index contributed by atoms with van der Waals surface area (Å²) in [4.78, 5) is 25.5. The molecular formula is C26H19FN4O5. The molecule has 5 rings (SSSR count). The fraction of sp³-hybridized carbons (Fsp3) is 0.0769. The molecule has 4 heterocycles. The SMILES string of the molecule is COc1cnc2c(Oc3ccc(NC(=O)c4cnc(C)c(-c5ccco5)c4O)cc3F)ccnc2c1. The second-order valence-electron chi connectivity index (χ2n) is 7.71. The van der Waals surface area contributed by atoms with Gasteiger partial charge in [0.1, 0.15) is 28.3 Å². The highest BCUT2D eigenvalue weighted by molar-refractivity contribution is 6.07. The Morgan fingerprint density at radius 2 is 1.94 bits per heavy atom. The maximum absolute atomic E-state index is 14.9. The van der Waals surface area contributed by atoms with E-state index in [1.165, 1.54) is 44.1 Å². The fourth-order valence-electron chi connectivity index (χ4n) is 3.63. The molecule has 4 aromatic heterocycles. The molecule has 0 atom stereocenters. The van der Waals surface area contributed by atoms with Crippen LogP contribution < -0.4 is 14.8 Å². The Morgan fingerprint density at radius 1 is 1.08 bits per heavy atom. The molecule has 1 amide bonds. The number of furan rings is 1. The number of pyridine rings is 3. The zero-order valence-corrected chi connectivity index (χ0v) is 19.2. The summed E-state index contributed by atoms with van der Waals surface area (Å²) in [7, 11) is 1.52. The summed E-state index contributed by atoms with van der Waals surface area (Å²) >= 11 is 0. The van der Waals surface area contributed by atoms with Crippen LogP contribution in [0.3, 0.4) is 0 Å². The summed E-state index contributed by atoms with van der Waals surface area (Å²) in [6.45, 7) is 1.69. The third-order valence-corrected chi connectivity index (χ3v) is 5.41. The molecule has 0 unspecified atom stereocenters. The molecule has 0 aliphatic carbocycles. The summed E-state index contributed by atoms with van der Waals surface area (Å²) < 4.78 is 31.1. The lowest BCUT2D eigenvalue weighted by Crippen LogP contribution is -2.13. The van der Waals surface area contributed by atoms with Gasteiger partial charge in [-0.15, -0.1) is 0 Å². The van der Waals surface area contributed by atoms with Crippen LogP contribution in [0.1, 0.15) is 16.1 Å². The van der Waals surface area contributed by atoms with Crippen LogP contribution in [0.4, 0.5) is 10.1 Å². The van der Waals surface area contributed by atoms with Crippen molar-refractivity contribution in [3.8, 4) is 34.3 Å². The molecule has 180 valence electrons. The van der Waals surface area contributed by atoms with Gasteiger partial charge in [0.05, 0.1) is 36.3 Å². The lowest BCUT2D eigenvalue weighted by molar-refractivity contribution is 0.102. The molecule has 0 saturated heterocycles. The summed E-state index contributed by atoms with van der Waals surface area (Å²) in [5.41, 5.74) is 1.83. The van der Waals surface area contributed by atoms with E-state index in [0.29, 0.717) is 39.6 Å². The number of carbonyl (C=O) groups is 1. The van der Waals surface area contributed by atoms with Crippen LogP contribution in [0.5, 0.6) is 23.0 Å². The summed E-state index contributed by atoms with van der Waals surface area (Å²) in [5.74, 6) is -0.532. The standard InChI is InChI=1S/C26H19FN4O5/c1-14-23(21-4-3-9-35-21)25(32)17(13-29-14)26(33)31-15-5-6-20(18(27)10-15)36-22-7-8-28-19-11-16(34-2)12-30-24(19)22/h3-13H,1-2H3,(H,29,32)(H,31,33). The van der Waals surface area contributed by atoms with Crippen LogP contribution in [-0.4, -0.2) is 33.1 Å². The van der Waals surface area contributed by atoms with Crippen molar-refractivity contribution in [2.45, 2.75) is 6.92 Å². The zero-order valence-electron chi connectivity index (χ0n) is 19.2. The van der Waals surface area contributed by atoms with Gasteiger partial charge in [0, 0.05) is 36.3 Å². The number of halogens is 1. The number of carbonyl (C=O) groups excluding carboxylic acids is 1. The van der Waals surface area contributed by atoms with E-state index < -0.39 is 11.7 Å². The van der Waals surface area contributed by atoms with E-state index in [1.807, 2.05) is 0 Å². The number of aryl methyl sites for hydroxylation is 1. The smallest absolute Gasteiger partial charge is 0.261 e. The van der Waals surface area contributed by atoms with Crippen molar-refractivity contribution in [3.63, 3.8) is 0 Å². The van der Waals surface area contributed by atoms with Gasteiger partial charge in [-0.05, 0) is 31.2 Å². The van der Waals surface area contributed by atoms with Crippen LogP contribution in [0.25, 0.3) is 22.4 Å². The normalized spacial score (nSPS) is 10.9. The number of anilines is 1. The molecule has 0 bridgehead atoms. The maximum Gasteiger partial charge on any atom is 0.261 e. The third kappa shape index (κ3) is 4.27. The van der Waals surface area contributed by atoms with Crippen LogP contribution in [-0.2, 0) is 0 Å². The molecular weight excluding hydrogens is 467 g/mol. The van der Waals surface area contributed by atoms with Crippen molar-refractivity contribution in [2.24, 2.45) is 0 Å². The van der Waals surface area contributed by atoms with Gasteiger partial charge in [-0.2, -0.15) is 0 Å². The molecule has 0 spiro atoms. The number of rotatable bonds is 6. The fourth-order valence-corrected chi connectivity index (χ4v) is 3.63. The number of amides is 1. The van der Waals surface area contributed by atoms with E-state index in [4.69, 9.17) is 13.9 Å². The largest absolute Gasteiger partial charge is 0.506 e. The van der Waals surface area contributed by atoms with Crippen molar-refractivity contribution < 1.29 is 28.2 Å². The molecule has 0 aliphatic heterocycles. The quantitative estimate of drug-likeness (QED) is 0.323. The maximum atomic E-state index is 14.9. The van der Waals surface area contributed by atoms with E-state index >= 15 is 0 Å². The molecule has 5 aromatic rings. The lowest BCUT2D eigenvalue weighted by Gasteiger charge is -2.12. The first-order valence-corrected chi connectivity index (χ1v) is 10.7. The molecule has 0 radical (unpaired) electrons. The molecule has 0 saturated carbocycles. The first-order chi connectivity index (χ1) is 17.4. The number of aromatic hydroxyl groups is 1. The lowest BCUT2D eigenvalue weighted by atomic mass is 10.1. The number of hydrogen-bond donors (Lipinski definition) is 2. The van der Waals surface area contributed by atoms with Crippen LogP contribution >= 0.6 is 0 Å². The summed E-state index contributed by atoms with van der Waals surface area (Å²) in [6.07, 6.45) is 5.73. The van der Waals surface area contributed by atoms with E-state index in [-0.39, 0.29) is 22.7 Å². The van der Waals surface area contributed by atoms with Crippen molar-refractivity contribution in [1.29, 1.82) is 0 Å². The van der Waals surface area contributed by atoms with E-state index in [0.717, 1.165) is 6.07 Å². The monoisotopic (exact) mass is 486 g/mol. The predicted molar refractivity (Wildman–Crippen MR) is 129 cm³/mol. The van der Waals surface area contributed by atoms with Gasteiger partial charge in [0.15, 0.2) is 17.3 Å². The minimum Gasteiger partial charge on any atom is -0.506 e. The molecule has 2 N–H and O–H groups in total. The van der Waals surface area contributed by atoms with Crippen LogP contribution in [0, 0.1) is 12.7 Å². The van der Waals surface area contributed by atoms with E-state index in [9.17, 15) is 14.3 Å². The van der Waals surface area contributed by atoms with Gasteiger partial charge in [0.2, 0.25) is 0 Å². The van der Waals surface area contributed by atoms with Gasteiger partial charge in [-0.3, -0.25) is 14.8 Å². The molecule has 10 heteroatoms. The predicted octanol–water partition coefficient (Wildman–Crippen LogP) is 5.49. The van der Waals surface area contributed by atoms with Gasteiger partial charge in [0.25, 0.3) is 5.91 Å². The third-order valence-electron chi connectivity index (χ3n) is 5.41. The average molecular weight is 486 g/mol. The van der Waals surface area contributed by atoms with Crippen LogP contribution in [0.2, 0.25) is 0 Å². The molecule has 0 fully saturated rings. The number of aromatic nitrogens is 3. The second-order valence-corrected chi connectivity index (χ2v) is 7.71. The number of nitrogens with one attached hydrogen (secondary N) is 1. The second kappa shape index (κ2) is 9.34. The molecule has 36 heavy (non-hydrogen) atoms. The number of ether oxygens (including phenoxy) is 2. The topological polar surface area (TPSA) is 120 Å². The Bertz CT molecular complexity index is 1590. The Morgan fingerprint density at radius 3 is 2.69 bits per heavy atom. The molecule has 0 aliphatic rings. The minimum atomic E-state index is -0.714. The highest BCUT2D eigenvalue weighted by Crippen LogP contribution is 2.35. The number of hydrogen-bond acceptors (Lipinski definition) is 8. The first-order valence-electron chi connectivity index (χ1n) is 10.7. The number of methoxy groups -OCH3 is 1. The Kier molecular flexibility index (Phi) is 5.91. The Balaban J connectivity index is 1.38. The van der Waals surface area contributed by atoms with Gasteiger partial charge in [-0.25, -0.2) is 9.37 Å². The highest BCUT2D eigenvalue weighted by atomic mass is 19.1. The minimum absolute atomic E-state index is 0.0712. The van der Waals surface area contributed by atoms with Gasteiger partial charge >= 0.3 is 0 Å². The average Bonchev–Trinajstić information content (AvgIpc) is 3.40. The number of nitrogens with zero attached hydrogens (tertiary/aromatic N) is 3. The summed E-state index contributed by atoms with van der Waals surface area (Å²) in [5, 5.41) is 13.3. The number of fused-ring (bicyclic) bond motifs is 1. The first kappa shape index (κ1) is 22.8. The Labute approximate surface area is 204 Å². The van der Waals surface area contributed by atoms with E-state index in [1.54, 1.807) is 31.2 Å². The molecule has 9 nitrogen and oxygen atoms in total. The number of benzene rings is 1. The van der Waals surface area contributed by atoms with Gasteiger partial charge < -0.3 is 24.3 Å².